The van der Waals surface area contributed by atoms with Gasteiger partial charge in [0.1, 0.15) is 5.82 Å². The molecule has 0 saturated heterocycles. The molecule has 0 aliphatic carbocycles. The second-order valence-corrected chi connectivity index (χ2v) is 7.20. The normalized spacial score (nSPS) is 13.5. The van der Waals surface area contributed by atoms with E-state index in [2.05, 4.69) is 12.2 Å². The van der Waals surface area contributed by atoms with Gasteiger partial charge in [-0.2, -0.15) is 0 Å². The molecule has 0 atom stereocenters. The standard InChI is InChI=1S/C20H21FN2O2S/c1-2-3-10-22-20(25)15-6-9-18-17(11-15)23(19(24)13-26-18)12-14-4-7-16(21)8-5-14/h4-9,11H,2-3,10,12-13H2,1H3,(H,22,25). The van der Waals surface area contributed by atoms with Gasteiger partial charge in [-0.3, -0.25) is 9.59 Å². The molecule has 0 radical (unpaired) electrons. The van der Waals surface area contributed by atoms with E-state index in [0.717, 1.165) is 29.0 Å². The molecule has 0 bridgehead atoms. The highest BCUT2D eigenvalue weighted by atomic mass is 32.2. The predicted octanol–water partition coefficient (Wildman–Crippen LogP) is 3.99. The topological polar surface area (TPSA) is 49.4 Å². The lowest BCUT2D eigenvalue weighted by Gasteiger charge is -2.29. The molecule has 6 heteroatoms. The van der Waals surface area contributed by atoms with Crippen molar-refractivity contribution in [3.8, 4) is 0 Å². The summed E-state index contributed by atoms with van der Waals surface area (Å²) in [7, 11) is 0. The van der Waals surface area contributed by atoms with Crippen LogP contribution in [0.5, 0.6) is 0 Å². The monoisotopic (exact) mass is 372 g/mol. The molecule has 0 unspecified atom stereocenters. The van der Waals surface area contributed by atoms with Gasteiger partial charge in [0.15, 0.2) is 0 Å². The van der Waals surface area contributed by atoms with E-state index in [1.165, 1.54) is 23.9 Å². The molecule has 1 heterocycles. The van der Waals surface area contributed by atoms with Crippen LogP contribution in [0.15, 0.2) is 47.4 Å². The van der Waals surface area contributed by atoms with Gasteiger partial charge in [0, 0.05) is 17.0 Å². The molecule has 0 fully saturated rings. The van der Waals surface area contributed by atoms with Crippen molar-refractivity contribution in [2.45, 2.75) is 31.2 Å². The fraction of sp³-hybridized carbons (Fsp3) is 0.300. The number of nitrogens with one attached hydrogen (secondary N) is 1. The fourth-order valence-electron chi connectivity index (χ4n) is 2.77. The Kier molecular flexibility index (Phi) is 5.93. The molecule has 0 spiro atoms. The van der Waals surface area contributed by atoms with Crippen molar-refractivity contribution in [1.29, 1.82) is 0 Å². The number of fused-ring (bicyclic) bond motifs is 1. The maximum Gasteiger partial charge on any atom is 0.251 e. The van der Waals surface area contributed by atoms with Crippen LogP contribution in [-0.2, 0) is 11.3 Å². The first kappa shape index (κ1) is 18.5. The maximum atomic E-state index is 13.1. The van der Waals surface area contributed by atoms with E-state index >= 15 is 0 Å². The van der Waals surface area contributed by atoms with E-state index in [1.807, 2.05) is 6.07 Å². The highest BCUT2D eigenvalue weighted by Crippen LogP contribution is 2.36. The Morgan fingerprint density at radius 3 is 2.73 bits per heavy atom. The molecular weight excluding hydrogens is 351 g/mol. The summed E-state index contributed by atoms with van der Waals surface area (Å²) in [6, 6.07) is 11.6. The summed E-state index contributed by atoms with van der Waals surface area (Å²) in [6.45, 7) is 3.06. The van der Waals surface area contributed by atoms with Crippen LogP contribution >= 0.6 is 11.8 Å². The summed E-state index contributed by atoms with van der Waals surface area (Å²) in [5.41, 5.74) is 2.12. The Morgan fingerprint density at radius 1 is 1.23 bits per heavy atom. The average Bonchev–Trinajstić information content (AvgIpc) is 2.65. The molecule has 1 N–H and O–H groups in total. The second kappa shape index (κ2) is 8.36. The molecule has 2 amide bonds. The smallest absolute Gasteiger partial charge is 0.251 e. The number of thioether (sulfide) groups is 1. The lowest BCUT2D eigenvalue weighted by atomic mass is 10.1. The van der Waals surface area contributed by atoms with E-state index < -0.39 is 0 Å². The zero-order chi connectivity index (χ0) is 18.5. The lowest BCUT2D eigenvalue weighted by molar-refractivity contribution is -0.116. The first-order chi connectivity index (χ1) is 12.6. The van der Waals surface area contributed by atoms with E-state index in [1.54, 1.807) is 29.2 Å². The molecule has 136 valence electrons. The first-order valence-corrected chi connectivity index (χ1v) is 9.67. The predicted molar refractivity (Wildman–Crippen MR) is 102 cm³/mol. The van der Waals surface area contributed by atoms with Crippen molar-refractivity contribution in [3.05, 3.63) is 59.4 Å². The van der Waals surface area contributed by atoms with Gasteiger partial charge in [0.25, 0.3) is 5.91 Å². The largest absolute Gasteiger partial charge is 0.352 e. The van der Waals surface area contributed by atoms with Crippen LogP contribution in [0.4, 0.5) is 10.1 Å². The lowest BCUT2D eigenvalue weighted by Crippen LogP contribution is -2.35. The van der Waals surface area contributed by atoms with Gasteiger partial charge in [-0.25, -0.2) is 4.39 Å². The number of carbonyl (C=O) groups is 2. The van der Waals surface area contributed by atoms with Gasteiger partial charge in [0.05, 0.1) is 18.0 Å². The fourth-order valence-corrected chi connectivity index (χ4v) is 3.69. The van der Waals surface area contributed by atoms with Crippen molar-refractivity contribution in [3.63, 3.8) is 0 Å². The summed E-state index contributed by atoms with van der Waals surface area (Å²) in [5, 5.41) is 2.90. The zero-order valence-corrected chi connectivity index (χ0v) is 15.4. The van der Waals surface area contributed by atoms with Crippen molar-refractivity contribution < 1.29 is 14.0 Å². The number of benzene rings is 2. The SMILES string of the molecule is CCCCNC(=O)c1ccc2c(c1)N(Cc1ccc(F)cc1)C(=O)CS2. The summed E-state index contributed by atoms with van der Waals surface area (Å²) in [4.78, 5) is 27.4. The Hall–Kier alpha value is -2.34. The van der Waals surface area contributed by atoms with Crippen LogP contribution < -0.4 is 10.2 Å². The van der Waals surface area contributed by atoms with Crippen LogP contribution in [-0.4, -0.2) is 24.1 Å². The third-order valence-electron chi connectivity index (χ3n) is 4.23. The highest BCUT2D eigenvalue weighted by molar-refractivity contribution is 8.00. The molecule has 1 aliphatic rings. The summed E-state index contributed by atoms with van der Waals surface area (Å²) >= 11 is 1.47. The minimum absolute atomic E-state index is 0.0182. The third-order valence-corrected chi connectivity index (χ3v) is 5.28. The number of carbonyl (C=O) groups excluding carboxylic acids is 2. The third kappa shape index (κ3) is 4.25. The Morgan fingerprint density at radius 2 is 2.00 bits per heavy atom. The Balaban J connectivity index is 1.84. The number of nitrogens with zero attached hydrogens (tertiary/aromatic N) is 1. The number of amides is 2. The first-order valence-electron chi connectivity index (χ1n) is 8.68. The number of anilines is 1. The van der Waals surface area contributed by atoms with Gasteiger partial charge in [-0.15, -0.1) is 11.8 Å². The summed E-state index contributed by atoms with van der Waals surface area (Å²) in [5.74, 6) is -0.0990. The van der Waals surface area contributed by atoms with E-state index in [-0.39, 0.29) is 17.6 Å². The molecule has 4 nitrogen and oxygen atoms in total. The molecule has 1 aliphatic heterocycles. The van der Waals surface area contributed by atoms with Gasteiger partial charge >= 0.3 is 0 Å². The average molecular weight is 372 g/mol. The molecule has 3 rings (SSSR count). The number of hydrogen-bond donors (Lipinski definition) is 1. The Labute approximate surface area is 156 Å². The molecule has 0 saturated carbocycles. The van der Waals surface area contributed by atoms with Gasteiger partial charge < -0.3 is 10.2 Å². The second-order valence-electron chi connectivity index (χ2n) is 6.19. The Bertz CT molecular complexity index is 808. The van der Waals surface area contributed by atoms with Crippen molar-refractivity contribution >= 4 is 29.3 Å². The molecule has 2 aromatic rings. The number of unbranched alkanes of at least 4 members (excludes halogenated alkanes) is 1. The van der Waals surface area contributed by atoms with E-state index in [0.29, 0.717) is 24.4 Å². The van der Waals surface area contributed by atoms with E-state index in [9.17, 15) is 14.0 Å². The molecule has 0 aromatic heterocycles. The quantitative estimate of drug-likeness (QED) is 0.780. The maximum absolute atomic E-state index is 13.1. The van der Waals surface area contributed by atoms with Crippen molar-refractivity contribution in [1.82, 2.24) is 5.32 Å². The van der Waals surface area contributed by atoms with Crippen molar-refractivity contribution in [2.75, 3.05) is 17.2 Å². The van der Waals surface area contributed by atoms with Crippen molar-refractivity contribution in [2.24, 2.45) is 0 Å². The van der Waals surface area contributed by atoms with Crippen LogP contribution in [0, 0.1) is 5.82 Å². The minimum Gasteiger partial charge on any atom is -0.352 e. The number of rotatable bonds is 6. The van der Waals surface area contributed by atoms with Gasteiger partial charge in [0.2, 0.25) is 5.91 Å². The van der Waals surface area contributed by atoms with Gasteiger partial charge in [-0.1, -0.05) is 25.5 Å². The summed E-state index contributed by atoms with van der Waals surface area (Å²) < 4.78 is 13.1. The molecule has 2 aromatic carbocycles. The van der Waals surface area contributed by atoms with E-state index in [4.69, 9.17) is 0 Å². The van der Waals surface area contributed by atoms with Crippen LogP contribution in [0.2, 0.25) is 0 Å². The highest BCUT2D eigenvalue weighted by Gasteiger charge is 2.26. The number of hydrogen-bond acceptors (Lipinski definition) is 3. The zero-order valence-electron chi connectivity index (χ0n) is 14.6. The molecular formula is C20H21FN2O2S. The van der Waals surface area contributed by atoms with Gasteiger partial charge in [-0.05, 0) is 42.3 Å². The number of halogens is 1. The van der Waals surface area contributed by atoms with Crippen LogP contribution in [0.25, 0.3) is 0 Å². The molecule has 26 heavy (non-hydrogen) atoms. The van der Waals surface area contributed by atoms with Crippen LogP contribution in [0.1, 0.15) is 35.7 Å². The summed E-state index contributed by atoms with van der Waals surface area (Å²) in [6.07, 6.45) is 1.95. The minimum atomic E-state index is -0.305. The van der Waals surface area contributed by atoms with Crippen LogP contribution in [0.3, 0.4) is 0 Å².